The van der Waals surface area contributed by atoms with Crippen LogP contribution in [-0.2, 0) is 11.0 Å². The lowest BCUT2D eigenvalue weighted by Gasteiger charge is -2.21. The summed E-state index contributed by atoms with van der Waals surface area (Å²) in [6.45, 7) is 6.80. The summed E-state index contributed by atoms with van der Waals surface area (Å²) in [6.07, 6.45) is 2.24. The zero-order valence-electron chi connectivity index (χ0n) is 22.1. The molecule has 0 radical (unpaired) electrons. The number of aromatic nitrogens is 3. The van der Waals surface area contributed by atoms with Gasteiger partial charge in [-0.25, -0.2) is 0 Å². The summed E-state index contributed by atoms with van der Waals surface area (Å²) in [6, 6.07) is 37.5. The highest BCUT2D eigenvalue weighted by molar-refractivity contribution is 5.86. The van der Waals surface area contributed by atoms with E-state index in [4.69, 9.17) is 4.74 Å². The molecule has 1 unspecified atom stereocenters. The first-order valence-electron chi connectivity index (χ1n) is 13.6. The Morgan fingerprint density at radius 2 is 1.46 bits per heavy atom. The minimum Gasteiger partial charge on any atom is -0.448 e. The van der Waals surface area contributed by atoms with Crippen molar-refractivity contribution in [2.45, 2.75) is 31.7 Å². The van der Waals surface area contributed by atoms with Crippen LogP contribution in [0.2, 0.25) is 0 Å². The van der Waals surface area contributed by atoms with Crippen molar-refractivity contribution in [1.82, 2.24) is 4.57 Å². The summed E-state index contributed by atoms with van der Waals surface area (Å²) in [5, 5.41) is 0. The van der Waals surface area contributed by atoms with Crippen molar-refractivity contribution < 1.29 is 13.9 Å². The van der Waals surface area contributed by atoms with E-state index in [0.717, 1.165) is 33.9 Å². The van der Waals surface area contributed by atoms with Gasteiger partial charge in [-0.15, -0.1) is 0 Å². The van der Waals surface area contributed by atoms with E-state index >= 15 is 0 Å². The molecule has 186 valence electrons. The number of benzene rings is 4. The molecule has 9 rings (SSSR count). The van der Waals surface area contributed by atoms with Gasteiger partial charge >= 0.3 is 11.4 Å². The zero-order valence-corrected chi connectivity index (χ0v) is 22.1. The van der Waals surface area contributed by atoms with Crippen molar-refractivity contribution in [1.29, 1.82) is 0 Å². The van der Waals surface area contributed by atoms with Crippen molar-refractivity contribution in [2.75, 3.05) is 0 Å². The summed E-state index contributed by atoms with van der Waals surface area (Å²) >= 11 is 0. The Kier molecular flexibility index (Phi) is 3.72. The van der Waals surface area contributed by atoms with Gasteiger partial charge in [-0.05, 0) is 59.5 Å². The fraction of sp³-hybridized carbons (Fsp3) is 0.143. The number of fused-ring (bicyclic) bond motifs is 7. The van der Waals surface area contributed by atoms with Crippen LogP contribution in [0, 0.1) is 0 Å². The van der Waals surface area contributed by atoms with E-state index in [9.17, 15) is 0 Å². The van der Waals surface area contributed by atoms with Gasteiger partial charge in [0.1, 0.15) is 5.69 Å². The molecule has 0 saturated carbocycles. The number of imidazole rings is 1. The molecule has 6 aromatic rings. The number of pyridine rings is 1. The second-order valence-corrected chi connectivity index (χ2v) is 11.9. The minimum absolute atomic E-state index is 0.0868. The fourth-order valence-corrected chi connectivity index (χ4v) is 7.21. The van der Waals surface area contributed by atoms with Crippen molar-refractivity contribution in [2.24, 2.45) is 0 Å². The second-order valence-electron chi connectivity index (χ2n) is 11.9. The molecule has 5 heterocycles. The Hall–Kier alpha value is -4.70. The molecule has 4 heteroatoms. The molecule has 0 N–H and O–H groups in total. The maximum absolute atomic E-state index is 6.61. The van der Waals surface area contributed by atoms with Crippen LogP contribution in [0.25, 0.3) is 33.7 Å². The van der Waals surface area contributed by atoms with Crippen LogP contribution in [0.3, 0.4) is 0 Å². The Morgan fingerprint density at radius 1 is 0.718 bits per heavy atom. The van der Waals surface area contributed by atoms with Crippen molar-refractivity contribution in [3.8, 4) is 34.1 Å². The SMILES string of the molecule is CC(C)(C)c1ccc(-n2c3[n+]4c5c(cccc52)Oc2cccc(c2-4)C32c3ccccc3-c3cccc[n+]32)cc1. The van der Waals surface area contributed by atoms with E-state index in [0.29, 0.717) is 0 Å². The molecule has 0 amide bonds. The van der Waals surface area contributed by atoms with E-state index < -0.39 is 5.54 Å². The van der Waals surface area contributed by atoms with Gasteiger partial charge in [-0.3, -0.25) is 0 Å². The van der Waals surface area contributed by atoms with E-state index in [1.54, 1.807) is 0 Å². The lowest BCUT2D eigenvalue weighted by atomic mass is 9.82. The summed E-state index contributed by atoms with van der Waals surface area (Å²) in [7, 11) is 0. The van der Waals surface area contributed by atoms with Crippen molar-refractivity contribution in [3.05, 3.63) is 132 Å². The smallest absolute Gasteiger partial charge is 0.352 e. The summed E-state index contributed by atoms with van der Waals surface area (Å²) < 4.78 is 14.0. The first kappa shape index (κ1) is 21.3. The predicted molar refractivity (Wildman–Crippen MR) is 151 cm³/mol. The monoisotopic (exact) mass is 505 g/mol. The van der Waals surface area contributed by atoms with Gasteiger partial charge in [0.2, 0.25) is 11.2 Å². The molecule has 4 nitrogen and oxygen atoms in total. The summed E-state index contributed by atoms with van der Waals surface area (Å²) in [4.78, 5) is 0. The van der Waals surface area contributed by atoms with Crippen LogP contribution in [0.4, 0.5) is 0 Å². The zero-order chi connectivity index (χ0) is 26.1. The largest absolute Gasteiger partial charge is 0.448 e. The Balaban J connectivity index is 1.51. The first-order chi connectivity index (χ1) is 19.0. The van der Waals surface area contributed by atoms with Gasteiger partial charge in [-0.1, -0.05) is 63.2 Å². The van der Waals surface area contributed by atoms with Gasteiger partial charge in [0, 0.05) is 12.1 Å². The maximum Gasteiger partial charge on any atom is 0.352 e. The molecular weight excluding hydrogens is 478 g/mol. The summed E-state index contributed by atoms with van der Waals surface area (Å²) in [5.41, 5.74) is 10.4. The Bertz CT molecular complexity index is 1980. The third-order valence-corrected chi connectivity index (χ3v) is 8.83. The molecule has 0 aliphatic carbocycles. The average Bonchev–Trinajstić information content (AvgIpc) is 3.56. The molecule has 0 bridgehead atoms. The van der Waals surface area contributed by atoms with Gasteiger partial charge in [0.15, 0.2) is 28.9 Å². The molecule has 4 aromatic carbocycles. The molecular formula is C35H27N3O+2. The number of hydrogen-bond donors (Lipinski definition) is 0. The number of hydrogen-bond acceptors (Lipinski definition) is 1. The Labute approximate surface area is 227 Å². The third-order valence-electron chi connectivity index (χ3n) is 8.83. The Morgan fingerprint density at radius 3 is 2.31 bits per heavy atom. The third kappa shape index (κ3) is 2.37. The highest BCUT2D eigenvalue weighted by Crippen LogP contribution is 2.54. The lowest BCUT2D eigenvalue weighted by Crippen LogP contribution is -2.57. The van der Waals surface area contributed by atoms with E-state index in [1.165, 1.54) is 33.8 Å². The maximum atomic E-state index is 6.61. The quantitative estimate of drug-likeness (QED) is 0.227. The summed E-state index contributed by atoms with van der Waals surface area (Å²) in [5.74, 6) is 3.01. The second kappa shape index (κ2) is 6.83. The topological polar surface area (TPSA) is 21.9 Å². The molecule has 3 aliphatic heterocycles. The van der Waals surface area contributed by atoms with Crippen LogP contribution in [-0.4, -0.2) is 4.57 Å². The molecule has 0 fully saturated rings. The highest BCUT2D eigenvalue weighted by Gasteiger charge is 2.68. The number of ether oxygens (including phenoxy) is 1. The highest BCUT2D eigenvalue weighted by atomic mass is 16.5. The van der Waals surface area contributed by atoms with Crippen LogP contribution in [0.1, 0.15) is 43.3 Å². The fourth-order valence-electron chi connectivity index (χ4n) is 7.21. The van der Waals surface area contributed by atoms with E-state index in [2.05, 4.69) is 144 Å². The number of rotatable bonds is 1. The normalized spacial score (nSPS) is 17.4. The molecule has 1 atom stereocenters. The standard InChI is InChI=1S/C35H27N3O/c1-34(2,3)22-17-19-23(20-18-22)37-28-14-9-16-30-32(28)38-31-26(12-8-15-29(31)39-30)35(33(37)38)25-11-5-4-10-24(25)27-13-6-7-21-36(27)35/h4-21H,1-3H3/q+2. The van der Waals surface area contributed by atoms with Gasteiger partial charge in [0.05, 0.1) is 16.7 Å². The first-order valence-corrected chi connectivity index (χ1v) is 13.6. The van der Waals surface area contributed by atoms with E-state index in [1.807, 2.05) is 0 Å². The van der Waals surface area contributed by atoms with Crippen LogP contribution in [0.5, 0.6) is 11.5 Å². The van der Waals surface area contributed by atoms with Gasteiger partial charge < -0.3 is 4.74 Å². The van der Waals surface area contributed by atoms with Crippen LogP contribution >= 0.6 is 0 Å². The average molecular weight is 506 g/mol. The molecule has 0 saturated heterocycles. The molecule has 2 aromatic heterocycles. The molecule has 3 aliphatic rings. The number of para-hydroxylation sites is 2. The van der Waals surface area contributed by atoms with Gasteiger partial charge in [0.25, 0.3) is 0 Å². The lowest BCUT2D eigenvalue weighted by molar-refractivity contribution is -0.733. The predicted octanol–water partition coefficient (Wildman–Crippen LogP) is 6.73. The molecule has 1 spiro atoms. The van der Waals surface area contributed by atoms with Crippen LogP contribution < -0.4 is 13.9 Å². The number of nitrogens with zero attached hydrogens (tertiary/aromatic N) is 3. The minimum atomic E-state index is -0.550. The molecule has 39 heavy (non-hydrogen) atoms. The van der Waals surface area contributed by atoms with Gasteiger partial charge in [-0.2, -0.15) is 13.7 Å². The van der Waals surface area contributed by atoms with Crippen molar-refractivity contribution in [3.63, 3.8) is 0 Å². The van der Waals surface area contributed by atoms with Crippen LogP contribution in [0.15, 0.2) is 109 Å². The van der Waals surface area contributed by atoms with E-state index in [-0.39, 0.29) is 5.41 Å². The van der Waals surface area contributed by atoms with Crippen molar-refractivity contribution >= 4 is 11.0 Å².